The summed E-state index contributed by atoms with van der Waals surface area (Å²) in [7, 11) is 0. The van der Waals surface area contributed by atoms with Crippen LogP contribution >= 0.6 is 0 Å². The number of hydrogen-bond donors (Lipinski definition) is 0. The molecule has 174 valence electrons. The molecule has 0 atom stereocenters. The summed E-state index contributed by atoms with van der Waals surface area (Å²) in [5.41, 5.74) is 3.52. The predicted octanol–water partition coefficient (Wildman–Crippen LogP) is 2.41. The smallest absolute Gasteiger partial charge is 0.261 e. The van der Waals surface area contributed by atoms with E-state index in [0.717, 1.165) is 11.1 Å². The number of fused-ring (bicyclic) bond motifs is 1. The van der Waals surface area contributed by atoms with Crippen molar-refractivity contribution in [2.45, 2.75) is 26.9 Å². The van der Waals surface area contributed by atoms with Gasteiger partial charge in [0.05, 0.1) is 23.8 Å². The Labute approximate surface area is 196 Å². The summed E-state index contributed by atoms with van der Waals surface area (Å²) >= 11 is 0. The number of aryl methyl sites for hydroxylation is 2. The first-order valence-corrected chi connectivity index (χ1v) is 11.3. The molecule has 1 amide bonds. The van der Waals surface area contributed by atoms with E-state index >= 15 is 0 Å². The quantitative estimate of drug-likeness (QED) is 0.453. The van der Waals surface area contributed by atoms with Crippen LogP contribution in [0.25, 0.3) is 22.3 Å². The molecular formula is C25H26N6O3. The topological polar surface area (TPSA) is 97.4 Å². The molecule has 9 nitrogen and oxygen atoms in total. The molecule has 0 N–H and O–H groups in total. The highest BCUT2D eigenvalue weighted by Gasteiger charge is 2.23. The van der Waals surface area contributed by atoms with Crippen LogP contribution in [0.1, 0.15) is 17.0 Å². The Bertz CT molecular complexity index is 1380. The Morgan fingerprint density at radius 3 is 2.56 bits per heavy atom. The first-order chi connectivity index (χ1) is 16.5. The Kier molecular flexibility index (Phi) is 5.93. The van der Waals surface area contributed by atoms with E-state index in [4.69, 9.17) is 4.52 Å². The van der Waals surface area contributed by atoms with Crippen LogP contribution in [0.4, 0.5) is 0 Å². The summed E-state index contributed by atoms with van der Waals surface area (Å²) in [6, 6.07) is 13.5. The van der Waals surface area contributed by atoms with Crippen molar-refractivity contribution >= 4 is 16.8 Å². The van der Waals surface area contributed by atoms with Crippen molar-refractivity contribution in [2.24, 2.45) is 0 Å². The third-order valence-electron chi connectivity index (χ3n) is 6.22. The molecule has 0 unspecified atom stereocenters. The Morgan fingerprint density at radius 2 is 1.79 bits per heavy atom. The van der Waals surface area contributed by atoms with Gasteiger partial charge in [-0.1, -0.05) is 47.1 Å². The molecular weight excluding hydrogens is 432 g/mol. The number of piperazine rings is 1. The lowest BCUT2D eigenvalue weighted by Crippen LogP contribution is -2.49. The van der Waals surface area contributed by atoms with E-state index in [1.54, 1.807) is 11.0 Å². The van der Waals surface area contributed by atoms with Crippen molar-refractivity contribution in [2.75, 3.05) is 26.2 Å². The van der Waals surface area contributed by atoms with E-state index < -0.39 is 0 Å². The van der Waals surface area contributed by atoms with Gasteiger partial charge in [0.2, 0.25) is 17.6 Å². The molecule has 34 heavy (non-hydrogen) atoms. The van der Waals surface area contributed by atoms with Gasteiger partial charge in [0.25, 0.3) is 5.56 Å². The van der Waals surface area contributed by atoms with Gasteiger partial charge in [-0.15, -0.1) is 0 Å². The van der Waals surface area contributed by atoms with Crippen molar-refractivity contribution in [3.8, 4) is 11.4 Å². The first kappa shape index (κ1) is 22.0. The second-order valence-corrected chi connectivity index (χ2v) is 8.68. The lowest BCUT2D eigenvalue weighted by molar-refractivity contribution is -0.133. The normalized spacial score (nSPS) is 14.6. The van der Waals surface area contributed by atoms with E-state index in [1.165, 1.54) is 16.5 Å². The predicted molar refractivity (Wildman–Crippen MR) is 127 cm³/mol. The van der Waals surface area contributed by atoms with Crippen LogP contribution in [0.2, 0.25) is 0 Å². The van der Waals surface area contributed by atoms with Gasteiger partial charge in [0.1, 0.15) is 6.54 Å². The zero-order valence-corrected chi connectivity index (χ0v) is 19.3. The Balaban J connectivity index is 1.18. The minimum atomic E-state index is -0.193. The molecule has 1 aliphatic heterocycles. The standard InChI is InChI=1S/C25H26N6O3/c1-17-6-8-19(9-7-17)24-27-21(34-28-24)14-29-10-12-30(13-11-29)22(32)15-31-16-26-23-18(2)4-3-5-20(23)25(31)33/h3-9,16H,10-15H2,1-2H3. The van der Waals surface area contributed by atoms with E-state index in [-0.39, 0.29) is 18.0 Å². The van der Waals surface area contributed by atoms with Crippen molar-refractivity contribution < 1.29 is 9.32 Å². The minimum absolute atomic E-state index is 0.0146. The summed E-state index contributed by atoms with van der Waals surface area (Å²) in [6.07, 6.45) is 1.47. The molecule has 0 bridgehead atoms. The Morgan fingerprint density at radius 1 is 1.03 bits per heavy atom. The maximum Gasteiger partial charge on any atom is 0.261 e. The highest BCUT2D eigenvalue weighted by atomic mass is 16.5. The van der Waals surface area contributed by atoms with Crippen LogP contribution in [0, 0.1) is 13.8 Å². The summed E-state index contributed by atoms with van der Waals surface area (Å²) < 4.78 is 6.82. The second kappa shape index (κ2) is 9.18. The van der Waals surface area contributed by atoms with Gasteiger partial charge >= 0.3 is 0 Å². The van der Waals surface area contributed by atoms with Gasteiger partial charge < -0.3 is 9.42 Å². The van der Waals surface area contributed by atoms with Crippen molar-refractivity contribution in [1.82, 2.24) is 29.5 Å². The summed E-state index contributed by atoms with van der Waals surface area (Å²) in [5, 5.41) is 4.62. The lowest BCUT2D eigenvalue weighted by atomic mass is 10.1. The molecule has 0 saturated carbocycles. The van der Waals surface area contributed by atoms with E-state index in [0.29, 0.717) is 55.3 Å². The van der Waals surface area contributed by atoms with Crippen molar-refractivity contribution in [3.05, 3.63) is 76.2 Å². The molecule has 0 aliphatic carbocycles. The van der Waals surface area contributed by atoms with Gasteiger partial charge in [0.15, 0.2) is 0 Å². The van der Waals surface area contributed by atoms with Gasteiger partial charge in [-0.2, -0.15) is 4.98 Å². The van der Waals surface area contributed by atoms with E-state index in [2.05, 4.69) is 20.0 Å². The van der Waals surface area contributed by atoms with Gasteiger partial charge in [-0.3, -0.25) is 19.1 Å². The molecule has 0 spiro atoms. The highest BCUT2D eigenvalue weighted by Crippen LogP contribution is 2.17. The molecule has 2 aromatic carbocycles. The minimum Gasteiger partial charge on any atom is -0.339 e. The number of aromatic nitrogens is 4. The van der Waals surface area contributed by atoms with Gasteiger partial charge in [-0.05, 0) is 25.5 Å². The van der Waals surface area contributed by atoms with Gasteiger partial charge in [0, 0.05) is 31.7 Å². The van der Waals surface area contributed by atoms with Crippen LogP contribution in [-0.2, 0) is 17.9 Å². The maximum absolute atomic E-state index is 12.9. The third kappa shape index (κ3) is 4.47. The number of amides is 1. The molecule has 3 heterocycles. The van der Waals surface area contributed by atoms with Crippen LogP contribution in [-0.4, -0.2) is 61.6 Å². The summed E-state index contributed by atoms with van der Waals surface area (Å²) in [5.74, 6) is 1.04. The van der Waals surface area contributed by atoms with Crippen molar-refractivity contribution in [3.63, 3.8) is 0 Å². The zero-order chi connectivity index (χ0) is 23.7. The lowest BCUT2D eigenvalue weighted by Gasteiger charge is -2.34. The zero-order valence-electron chi connectivity index (χ0n) is 19.3. The van der Waals surface area contributed by atoms with Crippen LogP contribution in [0.5, 0.6) is 0 Å². The first-order valence-electron chi connectivity index (χ1n) is 11.3. The number of hydrogen-bond acceptors (Lipinski definition) is 7. The molecule has 0 radical (unpaired) electrons. The largest absolute Gasteiger partial charge is 0.339 e. The number of carbonyl (C=O) groups excluding carboxylic acids is 1. The highest BCUT2D eigenvalue weighted by molar-refractivity contribution is 5.81. The molecule has 1 fully saturated rings. The molecule has 4 aromatic rings. The average molecular weight is 459 g/mol. The molecule has 2 aromatic heterocycles. The average Bonchev–Trinajstić information content (AvgIpc) is 3.30. The maximum atomic E-state index is 12.9. The SMILES string of the molecule is Cc1ccc(-c2noc(CN3CCN(C(=O)Cn4cnc5c(C)cccc5c4=O)CC3)n2)cc1. The number of para-hydroxylation sites is 1. The number of rotatable bonds is 5. The number of benzene rings is 2. The molecule has 9 heteroatoms. The van der Waals surface area contributed by atoms with E-state index in [9.17, 15) is 9.59 Å². The molecule has 1 aliphatic rings. The fraction of sp³-hybridized carbons (Fsp3) is 0.320. The van der Waals surface area contributed by atoms with Crippen molar-refractivity contribution in [1.29, 1.82) is 0 Å². The second-order valence-electron chi connectivity index (χ2n) is 8.68. The van der Waals surface area contributed by atoms with Gasteiger partial charge in [-0.25, -0.2) is 4.98 Å². The molecule has 5 rings (SSSR count). The summed E-state index contributed by atoms with van der Waals surface area (Å²) in [6.45, 7) is 7.01. The molecule has 1 saturated heterocycles. The fourth-order valence-electron chi connectivity index (χ4n) is 4.18. The Hall–Kier alpha value is -3.85. The van der Waals surface area contributed by atoms with Crippen LogP contribution < -0.4 is 5.56 Å². The number of carbonyl (C=O) groups is 1. The third-order valence-corrected chi connectivity index (χ3v) is 6.22. The van der Waals surface area contributed by atoms with Crippen LogP contribution in [0.15, 0.2) is 58.1 Å². The number of nitrogens with zero attached hydrogens (tertiary/aromatic N) is 6. The summed E-state index contributed by atoms with van der Waals surface area (Å²) in [4.78, 5) is 38.5. The monoisotopic (exact) mass is 458 g/mol. The van der Waals surface area contributed by atoms with E-state index in [1.807, 2.05) is 50.2 Å². The fourth-order valence-corrected chi connectivity index (χ4v) is 4.18. The van der Waals surface area contributed by atoms with Crippen LogP contribution in [0.3, 0.4) is 0 Å².